The van der Waals surface area contributed by atoms with Crippen molar-refractivity contribution in [1.82, 2.24) is 10.2 Å². The average Bonchev–Trinajstić information content (AvgIpc) is 2.96. The first-order chi connectivity index (χ1) is 9.75. The molecule has 4 heteroatoms. The first-order valence-corrected chi connectivity index (χ1v) is 8.48. The Bertz CT molecular complexity index is 257. The minimum atomic E-state index is -0.372. The van der Waals surface area contributed by atoms with Crippen LogP contribution in [0.3, 0.4) is 0 Å². The summed E-state index contributed by atoms with van der Waals surface area (Å²) >= 11 is 0. The van der Waals surface area contributed by atoms with Crippen LogP contribution in [0.25, 0.3) is 0 Å². The van der Waals surface area contributed by atoms with Gasteiger partial charge in [0.05, 0.1) is 18.8 Å². The number of aliphatic hydroxyl groups excluding tert-OH is 1. The second kappa shape index (κ2) is 8.98. The van der Waals surface area contributed by atoms with E-state index >= 15 is 0 Å². The summed E-state index contributed by atoms with van der Waals surface area (Å²) in [5.41, 5.74) is 0. The Hall–Kier alpha value is -0.160. The van der Waals surface area contributed by atoms with E-state index in [9.17, 15) is 5.11 Å². The van der Waals surface area contributed by atoms with Gasteiger partial charge in [-0.1, -0.05) is 19.8 Å². The maximum atomic E-state index is 9.96. The molecule has 2 fully saturated rings. The van der Waals surface area contributed by atoms with Crippen LogP contribution in [0.5, 0.6) is 0 Å². The zero-order chi connectivity index (χ0) is 14.2. The van der Waals surface area contributed by atoms with Gasteiger partial charge in [-0.2, -0.15) is 0 Å². The first kappa shape index (κ1) is 16.2. The lowest BCUT2D eigenvalue weighted by Gasteiger charge is -2.29. The standard InChI is InChI=1S/C16H32N2O2/c1-14-6-2-3-7-16(14)20-13-15(19)12-17-8-11-18-9-4-5-10-18/h14-17,19H,2-13H2,1H3. The molecule has 0 bridgehead atoms. The molecule has 0 spiro atoms. The molecule has 0 aromatic carbocycles. The van der Waals surface area contributed by atoms with Crippen LogP contribution in [0.4, 0.5) is 0 Å². The quantitative estimate of drug-likeness (QED) is 0.665. The van der Waals surface area contributed by atoms with Crippen LogP contribution in [-0.4, -0.2) is 61.5 Å². The Morgan fingerprint density at radius 2 is 1.95 bits per heavy atom. The van der Waals surface area contributed by atoms with E-state index in [1.807, 2.05) is 0 Å². The molecule has 118 valence electrons. The van der Waals surface area contributed by atoms with Gasteiger partial charge < -0.3 is 20.1 Å². The van der Waals surface area contributed by atoms with E-state index in [2.05, 4.69) is 17.1 Å². The van der Waals surface area contributed by atoms with Crippen LogP contribution >= 0.6 is 0 Å². The van der Waals surface area contributed by atoms with Crippen LogP contribution in [0.2, 0.25) is 0 Å². The summed E-state index contributed by atoms with van der Waals surface area (Å²) < 4.78 is 5.89. The monoisotopic (exact) mass is 284 g/mol. The number of nitrogens with zero attached hydrogens (tertiary/aromatic N) is 1. The summed E-state index contributed by atoms with van der Waals surface area (Å²) in [7, 11) is 0. The van der Waals surface area contributed by atoms with Crippen molar-refractivity contribution in [3.8, 4) is 0 Å². The lowest BCUT2D eigenvalue weighted by molar-refractivity contribution is -0.0451. The molecule has 0 aromatic rings. The van der Waals surface area contributed by atoms with Gasteiger partial charge in [0.1, 0.15) is 0 Å². The maximum Gasteiger partial charge on any atom is 0.0897 e. The van der Waals surface area contributed by atoms with E-state index in [0.717, 1.165) is 19.5 Å². The van der Waals surface area contributed by atoms with Crippen LogP contribution in [0, 0.1) is 5.92 Å². The third kappa shape index (κ3) is 5.68. The van der Waals surface area contributed by atoms with Crippen molar-refractivity contribution in [2.75, 3.05) is 39.3 Å². The minimum absolute atomic E-state index is 0.364. The Labute approximate surface area is 123 Å². The number of likely N-dealkylation sites (tertiary alicyclic amines) is 1. The molecule has 0 radical (unpaired) electrons. The third-order valence-corrected chi connectivity index (χ3v) is 4.72. The Morgan fingerprint density at radius 1 is 1.20 bits per heavy atom. The summed E-state index contributed by atoms with van der Waals surface area (Å²) in [4.78, 5) is 2.49. The number of nitrogens with one attached hydrogen (secondary N) is 1. The molecule has 1 aliphatic heterocycles. The molecule has 2 N–H and O–H groups in total. The van der Waals surface area contributed by atoms with Gasteiger partial charge >= 0.3 is 0 Å². The van der Waals surface area contributed by atoms with Gasteiger partial charge in [0.15, 0.2) is 0 Å². The fourth-order valence-corrected chi connectivity index (χ4v) is 3.34. The zero-order valence-electron chi connectivity index (χ0n) is 13.0. The molecule has 2 aliphatic rings. The van der Waals surface area contributed by atoms with Crippen molar-refractivity contribution in [2.24, 2.45) is 5.92 Å². The van der Waals surface area contributed by atoms with Crippen LogP contribution < -0.4 is 5.32 Å². The molecule has 3 atom stereocenters. The molecule has 1 saturated heterocycles. The molecule has 4 nitrogen and oxygen atoms in total. The molecule has 1 aliphatic carbocycles. The van der Waals surface area contributed by atoms with Gasteiger partial charge in [-0.05, 0) is 44.7 Å². The fourth-order valence-electron chi connectivity index (χ4n) is 3.34. The number of hydrogen-bond donors (Lipinski definition) is 2. The summed E-state index contributed by atoms with van der Waals surface area (Å²) in [5.74, 6) is 0.652. The highest BCUT2D eigenvalue weighted by Crippen LogP contribution is 2.26. The molecule has 1 heterocycles. The summed E-state index contributed by atoms with van der Waals surface area (Å²) in [6.07, 6.45) is 7.73. The number of rotatable bonds is 8. The van der Waals surface area contributed by atoms with Gasteiger partial charge in [0, 0.05) is 19.6 Å². The molecule has 3 unspecified atom stereocenters. The van der Waals surface area contributed by atoms with E-state index < -0.39 is 0 Å². The molecular weight excluding hydrogens is 252 g/mol. The Morgan fingerprint density at radius 3 is 2.70 bits per heavy atom. The van der Waals surface area contributed by atoms with Crippen molar-refractivity contribution in [3.05, 3.63) is 0 Å². The Balaban J connectivity index is 1.48. The van der Waals surface area contributed by atoms with Crippen molar-refractivity contribution in [1.29, 1.82) is 0 Å². The molecule has 20 heavy (non-hydrogen) atoms. The summed E-state index contributed by atoms with van der Waals surface area (Å²) in [5, 5.41) is 13.3. The SMILES string of the molecule is CC1CCCCC1OCC(O)CNCCN1CCCC1. The Kier molecular flexibility index (Phi) is 7.28. The third-order valence-electron chi connectivity index (χ3n) is 4.72. The molecule has 1 saturated carbocycles. The molecule has 0 aromatic heterocycles. The van der Waals surface area contributed by atoms with Crippen LogP contribution in [0.15, 0.2) is 0 Å². The smallest absolute Gasteiger partial charge is 0.0897 e. The lowest BCUT2D eigenvalue weighted by atomic mass is 9.88. The van der Waals surface area contributed by atoms with E-state index in [1.165, 1.54) is 45.2 Å². The second-order valence-electron chi connectivity index (χ2n) is 6.54. The topological polar surface area (TPSA) is 44.7 Å². The van der Waals surface area contributed by atoms with Gasteiger partial charge in [0.25, 0.3) is 0 Å². The second-order valence-corrected chi connectivity index (χ2v) is 6.54. The van der Waals surface area contributed by atoms with Crippen LogP contribution in [-0.2, 0) is 4.74 Å². The van der Waals surface area contributed by atoms with Gasteiger partial charge in [-0.3, -0.25) is 0 Å². The van der Waals surface area contributed by atoms with Gasteiger partial charge in [0.2, 0.25) is 0 Å². The van der Waals surface area contributed by atoms with E-state index in [0.29, 0.717) is 25.2 Å². The maximum absolute atomic E-state index is 9.96. The number of ether oxygens (including phenoxy) is 1. The number of aliphatic hydroxyl groups is 1. The fraction of sp³-hybridized carbons (Fsp3) is 1.00. The largest absolute Gasteiger partial charge is 0.389 e. The van der Waals surface area contributed by atoms with E-state index in [-0.39, 0.29) is 6.10 Å². The van der Waals surface area contributed by atoms with Crippen molar-refractivity contribution < 1.29 is 9.84 Å². The molecular formula is C16H32N2O2. The first-order valence-electron chi connectivity index (χ1n) is 8.48. The lowest BCUT2D eigenvalue weighted by Crippen LogP contribution is -2.37. The van der Waals surface area contributed by atoms with Crippen molar-refractivity contribution in [2.45, 2.75) is 57.7 Å². The highest BCUT2D eigenvalue weighted by Gasteiger charge is 2.22. The molecule has 2 rings (SSSR count). The highest BCUT2D eigenvalue weighted by atomic mass is 16.5. The van der Waals surface area contributed by atoms with Crippen molar-refractivity contribution in [3.63, 3.8) is 0 Å². The van der Waals surface area contributed by atoms with Crippen molar-refractivity contribution >= 4 is 0 Å². The van der Waals surface area contributed by atoms with Gasteiger partial charge in [-0.15, -0.1) is 0 Å². The van der Waals surface area contributed by atoms with Gasteiger partial charge in [-0.25, -0.2) is 0 Å². The van der Waals surface area contributed by atoms with E-state index in [1.54, 1.807) is 0 Å². The normalized spacial score (nSPS) is 29.7. The zero-order valence-corrected chi connectivity index (χ0v) is 13.0. The highest BCUT2D eigenvalue weighted by molar-refractivity contribution is 4.73. The summed E-state index contributed by atoms with van der Waals surface area (Å²) in [6.45, 7) is 7.95. The minimum Gasteiger partial charge on any atom is -0.389 e. The van der Waals surface area contributed by atoms with Crippen LogP contribution in [0.1, 0.15) is 45.4 Å². The number of hydrogen-bond acceptors (Lipinski definition) is 4. The van der Waals surface area contributed by atoms with E-state index in [4.69, 9.17) is 4.74 Å². The summed E-state index contributed by atoms with van der Waals surface area (Å²) in [6, 6.07) is 0. The average molecular weight is 284 g/mol. The predicted molar refractivity (Wildman–Crippen MR) is 81.9 cm³/mol. The molecule has 0 amide bonds. The predicted octanol–water partition coefficient (Wildman–Crippen LogP) is 1.63.